The zero-order chi connectivity index (χ0) is 14.7. The molecule has 1 heterocycles. The molecule has 0 spiro atoms. The lowest BCUT2D eigenvalue weighted by atomic mass is 10.1. The van der Waals surface area contributed by atoms with Crippen molar-refractivity contribution >= 4 is 23.5 Å². The first-order valence-corrected chi connectivity index (χ1v) is 6.37. The third kappa shape index (κ3) is 3.14. The van der Waals surface area contributed by atoms with E-state index in [0.717, 1.165) is 0 Å². The molecule has 1 atom stereocenters. The Labute approximate surface area is 116 Å². The van der Waals surface area contributed by atoms with Crippen LogP contribution in [0.1, 0.15) is 23.7 Å². The maximum absolute atomic E-state index is 12.3. The second-order valence-corrected chi connectivity index (χ2v) is 4.84. The molecule has 0 bridgehead atoms. The number of hydrogen-bond donors (Lipinski definition) is 2. The number of nitrogens with one attached hydrogen (secondary N) is 1. The Morgan fingerprint density at radius 3 is 2.70 bits per heavy atom. The minimum Gasteiger partial charge on any atom is -0.481 e. The summed E-state index contributed by atoms with van der Waals surface area (Å²) in [5, 5.41) is 11.6. The van der Waals surface area contributed by atoms with Crippen LogP contribution < -0.4 is 5.32 Å². The molecule has 6 nitrogen and oxygen atoms in total. The van der Waals surface area contributed by atoms with Crippen molar-refractivity contribution in [2.45, 2.75) is 13.3 Å². The summed E-state index contributed by atoms with van der Waals surface area (Å²) in [6, 6.07) is 6.63. The quantitative estimate of drug-likeness (QED) is 0.868. The maximum atomic E-state index is 12.3. The molecule has 1 aromatic carbocycles. The number of benzene rings is 1. The van der Waals surface area contributed by atoms with Gasteiger partial charge >= 0.3 is 5.97 Å². The molecule has 0 aromatic heterocycles. The Bertz CT molecular complexity index is 556. The molecule has 2 N–H and O–H groups in total. The highest BCUT2D eigenvalue weighted by Gasteiger charge is 2.31. The minimum atomic E-state index is -0.868. The number of likely N-dealkylation sites (tertiary alicyclic amines) is 1. The van der Waals surface area contributed by atoms with E-state index in [4.69, 9.17) is 5.11 Å². The monoisotopic (exact) mass is 276 g/mol. The van der Waals surface area contributed by atoms with Gasteiger partial charge in [-0.25, -0.2) is 0 Å². The van der Waals surface area contributed by atoms with Gasteiger partial charge in [0.15, 0.2) is 0 Å². The molecular formula is C14H16N2O4. The molecule has 1 aliphatic rings. The Hall–Kier alpha value is -2.37. The Morgan fingerprint density at radius 1 is 1.35 bits per heavy atom. The SMILES string of the molecule is CC(=O)Nc1cccc(C(=O)N2CCC(C(=O)O)C2)c1. The number of amides is 2. The highest BCUT2D eigenvalue weighted by Crippen LogP contribution is 2.20. The fourth-order valence-electron chi connectivity index (χ4n) is 2.26. The lowest BCUT2D eigenvalue weighted by Crippen LogP contribution is -2.30. The summed E-state index contributed by atoms with van der Waals surface area (Å²) in [7, 11) is 0. The van der Waals surface area contributed by atoms with Gasteiger partial charge in [-0.15, -0.1) is 0 Å². The van der Waals surface area contributed by atoms with E-state index in [2.05, 4.69) is 5.32 Å². The van der Waals surface area contributed by atoms with E-state index in [1.165, 1.54) is 11.8 Å². The summed E-state index contributed by atoms with van der Waals surface area (Å²) in [6.45, 7) is 2.07. The molecule has 20 heavy (non-hydrogen) atoms. The number of carbonyl (C=O) groups is 3. The van der Waals surface area contributed by atoms with Crippen LogP contribution in [0, 0.1) is 5.92 Å². The van der Waals surface area contributed by atoms with Crippen molar-refractivity contribution in [2.24, 2.45) is 5.92 Å². The average molecular weight is 276 g/mol. The third-order valence-corrected chi connectivity index (χ3v) is 3.25. The van der Waals surface area contributed by atoms with E-state index in [1.54, 1.807) is 24.3 Å². The molecule has 1 unspecified atom stereocenters. The molecule has 1 aliphatic heterocycles. The predicted molar refractivity (Wildman–Crippen MR) is 72.4 cm³/mol. The summed E-state index contributed by atoms with van der Waals surface area (Å²) < 4.78 is 0. The topological polar surface area (TPSA) is 86.7 Å². The summed E-state index contributed by atoms with van der Waals surface area (Å²) >= 11 is 0. The molecule has 2 rings (SSSR count). The number of nitrogens with zero attached hydrogens (tertiary/aromatic N) is 1. The van der Waals surface area contributed by atoms with E-state index < -0.39 is 11.9 Å². The fourth-order valence-corrected chi connectivity index (χ4v) is 2.26. The lowest BCUT2D eigenvalue weighted by molar-refractivity contribution is -0.141. The summed E-state index contributed by atoms with van der Waals surface area (Å²) in [4.78, 5) is 35.7. The summed E-state index contributed by atoms with van der Waals surface area (Å²) in [5.41, 5.74) is 1.000. The van der Waals surface area contributed by atoms with Gasteiger partial charge in [0.05, 0.1) is 5.92 Å². The highest BCUT2D eigenvalue weighted by atomic mass is 16.4. The second-order valence-electron chi connectivity index (χ2n) is 4.84. The Balaban J connectivity index is 2.10. The predicted octanol–water partition coefficient (Wildman–Crippen LogP) is 1.19. The zero-order valence-corrected chi connectivity index (χ0v) is 11.1. The van der Waals surface area contributed by atoms with Crippen LogP contribution in [-0.2, 0) is 9.59 Å². The van der Waals surface area contributed by atoms with Crippen molar-refractivity contribution in [2.75, 3.05) is 18.4 Å². The molecule has 0 saturated carbocycles. The van der Waals surface area contributed by atoms with Gasteiger partial charge in [0, 0.05) is 31.3 Å². The molecule has 106 valence electrons. The van der Waals surface area contributed by atoms with Gasteiger partial charge in [0.25, 0.3) is 5.91 Å². The van der Waals surface area contributed by atoms with Crippen LogP contribution in [-0.4, -0.2) is 40.9 Å². The third-order valence-electron chi connectivity index (χ3n) is 3.25. The van der Waals surface area contributed by atoms with Gasteiger partial charge in [-0.05, 0) is 24.6 Å². The van der Waals surface area contributed by atoms with Crippen LogP contribution in [0.2, 0.25) is 0 Å². The lowest BCUT2D eigenvalue weighted by Gasteiger charge is -2.16. The van der Waals surface area contributed by atoms with Gasteiger partial charge in [0.1, 0.15) is 0 Å². The van der Waals surface area contributed by atoms with Gasteiger partial charge < -0.3 is 15.3 Å². The van der Waals surface area contributed by atoms with Crippen LogP contribution in [0.3, 0.4) is 0 Å². The van der Waals surface area contributed by atoms with Gasteiger partial charge in [-0.2, -0.15) is 0 Å². The van der Waals surface area contributed by atoms with Gasteiger partial charge in [0.2, 0.25) is 5.91 Å². The van der Waals surface area contributed by atoms with Crippen LogP contribution in [0.25, 0.3) is 0 Å². The molecule has 0 radical (unpaired) electrons. The fraction of sp³-hybridized carbons (Fsp3) is 0.357. The number of hydrogen-bond acceptors (Lipinski definition) is 3. The average Bonchev–Trinajstić information content (AvgIpc) is 2.87. The molecule has 6 heteroatoms. The number of rotatable bonds is 3. The number of carbonyl (C=O) groups excluding carboxylic acids is 2. The molecular weight excluding hydrogens is 260 g/mol. The first kappa shape index (κ1) is 14.0. The number of aliphatic carboxylic acids is 1. The largest absolute Gasteiger partial charge is 0.481 e. The first-order chi connectivity index (χ1) is 9.47. The van der Waals surface area contributed by atoms with Crippen LogP contribution >= 0.6 is 0 Å². The number of anilines is 1. The highest BCUT2D eigenvalue weighted by molar-refractivity contribution is 5.97. The van der Waals surface area contributed by atoms with Crippen molar-refractivity contribution in [3.63, 3.8) is 0 Å². The van der Waals surface area contributed by atoms with E-state index in [0.29, 0.717) is 24.2 Å². The van der Waals surface area contributed by atoms with E-state index in [9.17, 15) is 14.4 Å². The zero-order valence-electron chi connectivity index (χ0n) is 11.1. The maximum Gasteiger partial charge on any atom is 0.308 e. The number of carboxylic acid groups (broad SMARTS) is 1. The Kier molecular flexibility index (Phi) is 4.02. The summed E-state index contributed by atoms with van der Waals surface area (Å²) in [5.74, 6) is -1.77. The molecule has 1 saturated heterocycles. The molecule has 1 aromatic rings. The van der Waals surface area contributed by atoms with Gasteiger partial charge in [-0.1, -0.05) is 6.07 Å². The van der Waals surface area contributed by atoms with Crippen molar-refractivity contribution < 1.29 is 19.5 Å². The molecule has 2 amide bonds. The van der Waals surface area contributed by atoms with Crippen molar-refractivity contribution in [3.05, 3.63) is 29.8 Å². The van der Waals surface area contributed by atoms with Gasteiger partial charge in [-0.3, -0.25) is 14.4 Å². The van der Waals surface area contributed by atoms with E-state index in [1.807, 2.05) is 0 Å². The molecule has 1 fully saturated rings. The standard InChI is InChI=1S/C14H16N2O4/c1-9(17)15-12-4-2-3-10(7-12)13(18)16-6-5-11(8-16)14(19)20/h2-4,7,11H,5-6,8H2,1H3,(H,15,17)(H,19,20). The van der Waals surface area contributed by atoms with Crippen molar-refractivity contribution in [1.29, 1.82) is 0 Å². The van der Waals surface area contributed by atoms with Crippen molar-refractivity contribution in [1.82, 2.24) is 4.90 Å². The Morgan fingerprint density at radius 2 is 2.10 bits per heavy atom. The van der Waals surface area contributed by atoms with E-state index in [-0.39, 0.29) is 18.4 Å². The number of carboxylic acids is 1. The smallest absolute Gasteiger partial charge is 0.308 e. The van der Waals surface area contributed by atoms with E-state index >= 15 is 0 Å². The molecule has 0 aliphatic carbocycles. The second kappa shape index (κ2) is 5.73. The first-order valence-electron chi connectivity index (χ1n) is 6.37. The van der Waals surface area contributed by atoms with Crippen LogP contribution in [0.4, 0.5) is 5.69 Å². The summed E-state index contributed by atoms with van der Waals surface area (Å²) in [6.07, 6.45) is 0.479. The minimum absolute atomic E-state index is 0.207. The van der Waals surface area contributed by atoms with Crippen molar-refractivity contribution in [3.8, 4) is 0 Å². The van der Waals surface area contributed by atoms with Crippen LogP contribution in [0.5, 0.6) is 0 Å². The van der Waals surface area contributed by atoms with Crippen LogP contribution in [0.15, 0.2) is 24.3 Å². The normalized spacial score (nSPS) is 17.9.